The predicted molar refractivity (Wildman–Crippen MR) is 83.5 cm³/mol. The molecule has 1 aliphatic heterocycles. The molecule has 1 saturated carbocycles. The largest absolute Gasteiger partial charge is 0.487 e. The van der Waals surface area contributed by atoms with Crippen molar-refractivity contribution < 1.29 is 9.31 Å². The molecule has 2 aliphatic rings. The first kappa shape index (κ1) is 13.9. The van der Waals surface area contributed by atoms with E-state index in [0.717, 1.165) is 5.92 Å². The molecule has 1 aromatic carbocycles. The zero-order chi connectivity index (χ0) is 14.4. The molecule has 0 radical (unpaired) electrons. The van der Waals surface area contributed by atoms with Crippen LogP contribution in [0.4, 0.5) is 0 Å². The summed E-state index contributed by atoms with van der Waals surface area (Å²) in [4.78, 5) is 0. The van der Waals surface area contributed by atoms with Gasteiger partial charge in [0.2, 0.25) is 0 Å². The van der Waals surface area contributed by atoms with Crippen molar-refractivity contribution in [3.8, 4) is 0 Å². The molecule has 106 valence electrons. The molecule has 1 saturated heterocycles. The van der Waals surface area contributed by atoms with Crippen LogP contribution in [0.3, 0.4) is 0 Å². The number of benzene rings is 1. The first-order chi connectivity index (χ1) is 9.37. The van der Waals surface area contributed by atoms with Crippen LogP contribution in [0.15, 0.2) is 30.2 Å². The van der Waals surface area contributed by atoms with Crippen molar-refractivity contribution in [1.82, 2.24) is 0 Å². The van der Waals surface area contributed by atoms with E-state index in [4.69, 9.17) is 9.31 Å². The van der Waals surface area contributed by atoms with Gasteiger partial charge >= 0.3 is 7.12 Å². The van der Waals surface area contributed by atoms with Gasteiger partial charge in [-0.1, -0.05) is 36.3 Å². The van der Waals surface area contributed by atoms with Gasteiger partial charge in [-0.2, -0.15) is 0 Å². The van der Waals surface area contributed by atoms with Gasteiger partial charge in [-0.05, 0) is 57.6 Å². The van der Waals surface area contributed by atoms with Crippen LogP contribution < -0.4 is 0 Å². The molecule has 0 bridgehead atoms. The zero-order valence-corrected chi connectivity index (χ0v) is 12.8. The Morgan fingerprint density at radius 2 is 1.55 bits per heavy atom. The molecule has 1 aliphatic carbocycles. The van der Waals surface area contributed by atoms with Gasteiger partial charge in [-0.25, -0.2) is 0 Å². The van der Waals surface area contributed by atoms with E-state index in [-0.39, 0.29) is 18.3 Å². The van der Waals surface area contributed by atoms with E-state index in [1.54, 1.807) is 0 Å². The maximum absolute atomic E-state index is 5.95. The second kappa shape index (κ2) is 4.75. The average molecular weight is 270 g/mol. The van der Waals surface area contributed by atoms with E-state index in [2.05, 4.69) is 58.0 Å². The third kappa shape index (κ3) is 2.70. The fraction of sp³-hybridized carbons (Fsp3) is 0.529. The Morgan fingerprint density at radius 1 is 1.00 bits per heavy atom. The third-order valence-corrected chi connectivity index (χ3v) is 4.70. The molecule has 0 unspecified atom stereocenters. The second-order valence-electron chi connectivity index (χ2n) is 6.92. The Kier molecular flexibility index (Phi) is 3.30. The van der Waals surface area contributed by atoms with Gasteiger partial charge in [-0.15, -0.1) is 0 Å². The van der Waals surface area contributed by atoms with Crippen molar-refractivity contribution in [2.75, 3.05) is 0 Å². The molecule has 1 heterocycles. The molecule has 0 amide bonds. The van der Waals surface area contributed by atoms with Crippen LogP contribution in [0.25, 0.3) is 6.08 Å². The van der Waals surface area contributed by atoms with E-state index in [1.807, 2.05) is 5.98 Å². The highest BCUT2D eigenvalue weighted by Gasteiger charge is 2.49. The zero-order valence-electron chi connectivity index (χ0n) is 12.8. The van der Waals surface area contributed by atoms with E-state index in [1.165, 1.54) is 24.0 Å². The van der Waals surface area contributed by atoms with Gasteiger partial charge in [0.25, 0.3) is 0 Å². The topological polar surface area (TPSA) is 18.5 Å². The molecule has 3 heteroatoms. The normalized spacial score (nSPS) is 24.5. The first-order valence-corrected chi connectivity index (χ1v) is 7.51. The lowest BCUT2D eigenvalue weighted by molar-refractivity contribution is 0.00578. The third-order valence-electron chi connectivity index (χ3n) is 4.70. The van der Waals surface area contributed by atoms with Gasteiger partial charge in [0.15, 0.2) is 0 Å². The molecule has 0 atom stereocenters. The van der Waals surface area contributed by atoms with Gasteiger partial charge in [-0.3, -0.25) is 0 Å². The lowest BCUT2D eigenvalue weighted by Crippen LogP contribution is -2.41. The van der Waals surface area contributed by atoms with E-state index >= 15 is 0 Å². The Hall–Kier alpha value is -1.06. The second-order valence-corrected chi connectivity index (χ2v) is 6.92. The Bertz CT molecular complexity index is 496. The molecule has 1 aromatic rings. The van der Waals surface area contributed by atoms with Crippen molar-refractivity contribution >= 4 is 13.2 Å². The lowest BCUT2D eigenvalue weighted by atomic mass is 9.89. The van der Waals surface area contributed by atoms with Crippen molar-refractivity contribution in [2.24, 2.45) is 0 Å². The maximum Gasteiger partial charge on any atom is 0.487 e. The summed E-state index contributed by atoms with van der Waals surface area (Å²) in [5.74, 6) is 2.82. The van der Waals surface area contributed by atoms with E-state index < -0.39 is 0 Å². The Morgan fingerprint density at radius 3 is 2.05 bits per heavy atom. The minimum absolute atomic E-state index is 0.261. The van der Waals surface area contributed by atoms with Crippen molar-refractivity contribution in [2.45, 2.75) is 57.7 Å². The minimum atomic E-state index is -0.266. The van der Waals surface area contributed by atoms with Gasteiger partial charge < -0.3 is 9.31 Å². The lowest BCUT2D eigenvalue weighted by Gasteiger charge is -2.32. The van der Waals surface area contributed by atoms with Crippen LogP contribution in [0.2, 0.25) is 0 Å². The Balaban J connectivity index is 1.65. The van der Waals surface area contributed by atoms with Gasteiger partial charge in [0, 0.05) is 0 Å². The van der Waals surface area contributed by atoms with Gasteiger partial charge in [0.1, 0.15) is 0 Å². The molecule has 20 heavy (non-hydrogen) atoms. The van der Waals surface area contributed by atoms with Crippen LogP contribution in [0, 0.1) is 0 Å². The van der Waals surface area contributed by atoms with Gasteiger partial charge in [0.05, 0.1) is 11.2 Å². The summed E-state index contributed by atoms with van der Waals surface area (Å²) in [7, 11) is -0.261. The molecule has 0 aromatic heterocycles. The number of hydrogen-bond donors (Lipinski definition) is 0. The highest BCUT2D eigenvalue weighted by molar-refractivity contribution is 6.52. The Labute approximate surface area is 122 Å². The molecular formula is C17H23BO2. The van der Waals surface area contributed by atoms with E-state index in [0.29, 0.717) is 0 Å². The van der Waals surface area contributed by atoms with Crippen LogP contribution >= 0.6 is 0 Å². The fourth-order valence-corrected chi connectivity index (χ4v) is 2.45. The maximum atomic E-state index is 5.95. The molecular weight excluding hydrogens is 247 g/mol. The summed E-state index contributed by atoms with van der Waals surface area (Å²) in [5.41, 5.74) is 2.14. The summed E-state index contributed by atoms with van der Waals surface area (Å²) < 4.78 is 11.9. The smallest absolute Gasteiger partial charge is 0.400 e. The summed E-state index contributed by atoms with van der Waals surface area (Å²) in [6.45, 7) is 8.30. The molecule has 0 N–H and O–H groups in total. The monoisotopic (exact) mass is 270 g/mol. The average Bonchev–Trinajstić information content (AvgIpc) is 3.17. The number of rotatable bonds is 3. The highest BCUT2D eigenvalue weighted by Crippen LogP contribution is 2.40. The van der Waals surface area contributed by atoms with Crippen LogP contribution in [-0.2, 0) is 9.31 Å². The molecule has 2 fully saturated rings. The van der Waals surface area contributed by atoms with Crippen LogP contribution in [0.5, 0.6) is 0 Å². The molecule has 2 nitrogen and oxygen atoms in total. The summed E-state index contributed by atoms with van der Waals surface area (Å²) >= 11 is 0. The highest BCUT2D eigenvalue weighted by atomic mass is 16.7. The van der Waals surface area contributed by atoms with Crippen LogP contribution in [-0.4, -0.2) is 18.3 Å². The summed E-state index contributed by atoms with van der Waals surface area (Å²) in [6, 6.07) is 8.83. The summed E-state index contributed by atoms with van der Waals surface area (Å²) in [5, 5.41) is 0. The molecule has 0 spiro atoms. The first-order valence-electron chi connectivity index (χ1n) is 7.51. The standard InChI is InChI=1S/C17H23BO2/c1-16(2)17(3,4)20-18(19-16)12-11-13-5-7-14(8-6-13)15-9-10-15/h5-8,11-12,15H,9-10H2,1-4H3/b12-11+. The fourth-order valence-electron chi connectivity index (χ4n) is 2.45. The quantitative estimate of drug-likeness (QED) is 0.766. The van der Waals surface area contributed by atoms with E-state index in [9.17, 15) is 0 Å². The predicted octanol–water partition coefficient (Wildman–Crippen LogP) is 4.21. The SMILES string of the molecule is CC1(C)OB(/C=C/c2ccc(C3CC3)cc2)OC1(C)C. The van der Waals surface area contributed by atoms with Crippen LogP contribution in [0.1, 0.15) is 57.6 Å². The number of hydrogen-bond acceptors (Lipinski definition) is 2. The minimum Gasteiger partial charge on any atom is -0.400 e. The van der Waals surface area contributed by atoms with Crippen molar-refractivity contribution in [3.63, 3.8) is 0 Å². The molecule has 3 rings (SSSR count). The van der Waals surface area contributed by atoms with Crippen molar-refractivity contribution in [1.29, 1.82) is 0 Å². The van der Waals surface area contributed by atoms with Crippen molar-refractivity contribution in [3.05, 3.63) is 41.4 Å². The summed E-state index contributed by atoms with van der Waals surface area (Å²) in [6.07, 6.45) is 4.78.